The number of ether oxygens (including phenoxy) is 1. The second-order valence-corrected chi connectivity index (χ2v) is 8.56. The molecule has 1 aliphatic heterocycles. The lowest BCUT2D eigenvalue weighted by Gasteiger charge is -2.31. The molecule has 6 N–H and O–H groups in total. The van der Waals surface area contributed by atoms with Crippen LogP contribution < -0.4 is 16.2 Å². The number of carbonyl (C=O) groups excluding carboxylic acids is 1. The quantitative estimate of drug-likeness (QED) is 0.447. The fraction of sp³-hybridized carbons (Fsp3) is 0.440. The van der Waals surface area contributed by atoms with Gasteiger partial charge in [-0.25, -0.2) is 0 Å². The maximum Gasteiger partial charge on any atom is 0.416 e. The van der Waals surface area contributed by atoms with Gasteiger partial charge in [-0.3, -0.25) is 9.59 Å². The number of alkyl halides is 3. The number of amides is 1. The Labute approximate surface area is 207 Å². The first kappa shape index (κ1) is 29.1. The van der Waals surface area contributed by atoms with Gasteiger partial charge in [-0.05, 0) is 55.0 Å². The van der Waals surface area contributed by atoms with Gasteiger partial charge in [0.25, 0.3) is 0 Å². The summed E-state index contributed by atoms with van der Waals surface area (Å²) in [5, 5.41) is 18.0. The van der Waals surface area contributed by atoms with Crippen molar-refractivity contribution in [3.8, 4) is 5.75 Å². The molecule has 1 saturated heterocycles. The molecule has 1 aliphatic rings. The molecule has 0 aliphatic carbocycles. The predicted molar refractivity (Wildman–Crippen MR) is 127 cm³/mol. The fourth-order valence-corrected chi connectivity index (χ4v) is 3.64. The Kier molecular flexibility index (Phi) is 10.7. The summed E-state index contributed by atoms with van der Waals surface area (Å²) in [6.45, 7) is 1.19. The van der Waals surface area contributed by atoms with E-state index in [2.05, 4.69) is 0 Å². The average Bonchev–Trinajstić information content (AvgIpc) is 2.84. The second-order valence-electron chi connectivity index (χ2n) is 8.56. The Morgan fingerprint density at radius 1 is 1.03 bits per heavy atom. The van der Waals surface area contributed by atoms with E-state index in [4.69, 9.17) is 21.3 Å². The highest BCUT2D eigenvalue weighted by atomic mass is 19.4. The minimum Gasteiger partial charge on any atom is -0.497 e. The Morgan fingerprint density at radius 2 is 1.61 bits per heavy atom. The van der Waals surface area contributed by atoms with Crippen molar-refractivity contribution in [2.24, 2.45) is 11.5 Å². The largest absolute Gasteiger partial charge is 0.497 e. The molecule has 8 nitrogen and oxygen atoms in total. The number of carboxylic acid groups (broad SMARTS) is 1. The number of aliphatic carboxylic acids is 1. The van der Waals surface area contributed by atoms with E-state index >= 15 is 0 Å². The molecule has 198 valence electrons. The summed E-state index contributed by atoms with van der Waals surface area (Å²) in [5.74, 6) is -0.483. The number of piperidine rings is 1. The molecule has 1 amide bonds. The summed E-state index contributed by atoms with van der Waals surface area (Å²) in [5.41, 5.74) is 11.7. The van der Waals surface area contributed by atoms with Crippen molar-refractivity contribution in [2.45, 2.75) is 50.0 Å². The number of carboxylic acids is 1. The molecule has 1 heterocycles. The third-order valence-corrected chi connectivity index (χ3v) is 5.74. The van der Waals surface area contributed by atoms with E-state index in [0.717, 1.165) is 23.4 Å². The molecule has 36 heavy (non-hydrogen) atoms. The fourth-order valence-electron chi connectivity index (χ4n) is 3.64. The molecule has 0 spiro atoms. The third-order valence-electron chi connectivity index (χ3n) is 5.74. The highest BCUT2D eigenvalue weighted by Crippen LogP contribution is 2.29. The van der Waals surface area contributed by atoms with Gasteiger partial charge < -0.3 is 31.3 Å². The van der Waals surface area contributed by atoms with Gasteiger partial charge in [0.2, 0.25) is 5.91 Å². The normalized spacial score (nSPS) is 15.9. The maximum absolute atomic E-state index is 12.3. The van der Waals surface area contributed by atoms with Gasteiger partial charge in [-0.1, -0.05) is 30.3 Å². The van der Waals surface area contributed by atoms with E-state index in [1.165, 1.54) is 12.1 Å². The molecule has 0 saturated carbocycles. The first-order valence-electron chi connectivity index (χ1n) is 11.4. The summed E-state index contributed by atoms with van der Waals surface area (Å²) in [6, 6.07) is 10.3. The number of benzene rings is 2. The van der Waals surface area contributed by atoms with Crippen LogP contribution in [0.1, 0.15) is 29.5 Å². The molecule has 0 unspecified atom stereocenters. The lowest BCUT2D eigenvalue weighted by Crippen LogP contribution is -2.48. The number of aliphatic hydroxyl groups is 1. The number of carbonyl (C=O) groups is 2. The summed E-state index contributed by atoms with van der Waals surface area (Å²) in [7, 11) is 1.62. The molecule has 2 aromatic carbocycles. The first-order chi connectivity index (χ1) is 16.9. The van der Waals surface area contributed by atoms with Crippen LogP contribution in [0.15, 0.2) is 48.5 Å². The van der Waals surface area contributed by atoms with Crippen LogP contribution in [0.3, 0.4) is 0 Å². The molecule has 0 bridgehead atoms. The van der Waals surface area contributed by atoms with E-state index in [9.17, 15) is 27.9 Å². The van der Waals surface area contributed by atoms with Gasteiger partial charge in [0, 0.05) is 13.1 Å². The minimum atomic E-state index is -4.43. The number of hydrogen-bond donors (Lipinski definition) is 4. The van der Waals surface area contributed by atoms with E-state index in [1.807, 2.05) is 24.3 Å². The first-order valence-corrected chi connectivity index (χ1v) is 11.4. The summed E-state index contributed by atoms with van der Waals surface area (Å²) in [6.07, 6.45) is -3.04. The smallest absolute Gasteiger partial charge is 0.416 e. The van der Waals surface area contributed by atoms with Crippen LogP contribution in [0, 0.1) is 0 Å². The van der Waals surface area contributed by atoms with E-state index in [-0.39, 0.29) is 24.0 Å². The number of nitrogens with two attached hydrogens (primary N) is 2. The Hall–Kier alpha value is -3.15. The zero-order valence-electron chi connectivity index (χ0n) is 19.9. The van der Waals surface area contributed by atoms with Crippen molar-refractivity contribution < 1.29 is 37.7 Å². The molecule has 2 aromatic rings. The van der Waals surface area contributed by atoms with E-state index in [0.29, 0.717) is 32.4 Å². The highest BCUT2D eigenvalue weighted by Gasteiger charge is 2.30. The van der Waals surface area contributed by atoms with Crippen molar-refractivity contribution in [3.63, 3.8) is 0 Å². The third kappa shape index (κ3) is 9.14. The lowest BCUT2D eigenvalue weighted by atomic mass is 10.0. The van der Waals surface area contributed by atoms with Crippen LogP contribution in [-0.4, -0.2) is 65.4 Å². The van der Waals surface area contributed by atoms with Crippen molar-refractivity contribution in [1.82, 2.24) is 4.90 Å². The minimum absolute atomic E-state index is 0.0345. The molecule has 1 fully saturated rings. The van der Waals surface area contributed by atoms with Crippen LogP contribution in [0.2, 0.25) is 0 Å². The van der Waals surface area contributed by atoms with Gasteiger partial charge in [-0.15, -0.1) is 0 Å². The van der Waals surface area contributed by atoms with Gasteiger partial charge >= 0.3 is 12.1 Å². The van der Waals surface area contributed by atoms with Gasteiger partial charge in [0.05, 0.1) is 24.8 Å². The zero-order valence-corrected chi connectivity index (χ0v) is 19.9. The van der Waals surface area contributed by atoms with Crippen LogP contribution in [0.25, 0.3) is 0 Å². The lowest BCUT2D eigenvalue weighted by molar-refractivity contribution is -0.138. The predicted octanol–water partition coefficient (Wildman–Crippen LogP) is 2.21. The molecular weight excluding hydrogens is 479 g/mol. The van der Waals surface area contributed by atoms with Crippen LogP contribution >= 0.6 is 0 Å². The zero-order chi connectivity index (χ0) is 26.9. The number of methoxy groups -OCH3 is 1. The summed E-state index contributed by atoms with van der Waals surface area (Å²) in [4.78, 5) is 24.4. The van der Waals surface area contributed by atoms with Crippen molar-refractivity contribution in [2.75, 3.05) is 20.2 Å². The van der Waals surface area contributed by atoms with Gasteiger partial charge in [-0.2, -0.15) is 13.2 Å². The van der Waals surface area contributed by atoms with Gasteiger partial charge in [0.15, 0.2) is 0 Å². The molecular formula is C25H32F3N3O5. The Balaban J connectivity index is 0.000000261. The molecule has 0 aromatic heterocycles. The molecule has 2 atom stereocenters. The van der Waals surface area contributed by atoms with Crippen molar-refractivity contribution in [1.29, 1.82) is 0 Å². The molecule has 3 rings (SSSR count). The molecule has 11 heteroatoms. The number of hydrogen-bond acceptors (Lipinski definition) is 6. The second kappa shape index (κ2) is 13.2. The molecule has 0 radical (unpaired) electrons. The van der Waals surface area contributed by atoms with E-state index < -0.39 is 29.8 Å². The van der Waals surface area contributed by atoms with Gasteiger partial charge in [0.1, 0.15) is 11.8 Å². The average molecular weight is 512 g/mol. The Bertz CT molecular complexity index is 993. The number of rotatable bonds is 7. The number of likely N-dealkylation sites (tertiary alicyclic amines) is 1. The topological polar surface area (TPSA) is 139 Å². The van der Waals surface area contributed by atoms with Crippen LogP contribution in [0.5, 0.6) is 5.75 Å². The number of aliphatic hydroxyl groups excluding tert-OH is 1. The van der Waals surface area contributed by atoms with Crippen LogP contribution in [-0.2, 0) is 28.6 Å². The van der Waals surface area contributed by atoms with Crippen molar-refractivity contribution in [3.05, 3.63) is 65.2 Å². The number of nitrogens with zero attached hydrogens (tertiary/aromatic N) is 1. The van der Waals surface area contributed by atoms with E-state index in [1.54, 1.807) is 12.0 Å². The SMILES string of the molecule is COc1ccc(C[C@H](N)C(=O)N2CCC(O)CC2)cc1.N[C@@H](Cc1cccc(C(F)(F)F)c1)C(=O)O. The Morgan fingerprint density at radius 3 is 2.14 bits per heavy atom. The standard InChI is InChI=1S/C15H22N2O3.C10H10F3NO2/c1-20-13-4-2-11(3-5-13)10-14(16)15(19)17-8-6-12(18)7-9-17;11-10(12,13)7-3-1-2-6(4-7)5-8(14)9(15)16/h2-5,12,14,18H,6-10,16H2,1H3;1-4,8H,5,14H2,(H,15,16)/t14-;8-/m00/s1. The summed E-state index contributed by atoms with van der Waals surface area (Å²) < 4.78 is 42.0. The number of halogens is 3. The highest BCUT2D eigenvalue weighted by molar-refractivity contribution is 5.82. The van der Waals surface area contributed by atoms with Crippen molar-refractivity contribution >= 4 is 11.9 Å². The maximum atomic E-state index is 12.3. The summed E-state index contributed by atoms with van der Waals surface area (Å²) >= 11 is 0. The van der Waals surface area contributed by atoms with Crippen LogP contribution in [0.4, 0.5) is 13.2 Å². The monoisotopic (exact) mass is 511 g/mol.